The number of hydrogen-bond donors (Lipinski definition) is 1. The minimum atomic E-state index is -3.98. The van der Waals surface area contributed by atoms with E-state index in [1.165, 1.54) is 11.4 Å². The zero-order valence-corrected chi connectivity index (χ0v) is 15.6. The molecule has 0 spiro atoms. The molecule has 0 radical (unpaired) electrons. The number of carbonyl (C=O) groups is 1. The van der Waals surface area contributed by atoms with Gasteiger partial charge in [0.25, 0.3) is 0 Å². The summed E-state index contributed by atoms with van der Waals surface area (Å²) in [4.78, 5) is 11.9. The number of benzene rings is 2. The van der Waals surface area contributed by atoms with Crippen molar-refractivity contribution in [1.82, 2.24) is 0 Å². The maximum absolute atomic E-state index is 12.2. The fourth-order valence-electron chi connectivity index (χ4n) is 2.50. The third-order valence-corrected chi connectivity index (χ3v) is 5.78. The van der Waals surface area contributed by atoms with Crippen molar-refractivity contribution in [3.05, 3.63) is 76.0 Å². The predicted octanol–water partition coefficient (Wildman–Crippen LogP) is 3.29. The van der Waals surface area contributed by atoms with Crippen LogP contribution in [-0.2, 0) is 21.4 Å². The number of nitrogens with two attached hydrogens (primary N) is 1. The Kier molecular flexibility index (Phi) is 5.37. The first-order valence-corrected chi connectivity index (χ1v) is 10.2. The number of nitriles is 1. The highest BCUT2D eigenvalue weighted by atomic mass is 32.2. The number of esters is 1. The van der Waals surface area contributed by atoms with Gasteiger partial charge in [-0.15, -0.1) is 11.3 Å². The Bertz CT molecular complexity index is 1130. The maximum Gasteiger partial charge on any atom is 0.350 e. The van der Waals surface area contributed by atoms with Gasteiger partial charge in [-0.3, -0.25) is 0 Å². The molecule has 1 heterocycles. The first-order valence-electron chi connectivity index (χ1n) is 7.76. The van der Waals surface area contributed by atoms with Gasteiger partial charge in [0.15, 0.2) is 0 Å². The lowest BCUT2D eigenvalue weighted by Crippen LogP contribution is -2.15. The average Bonchev–Trinajstić information content (AvgIpc) is 3.17. The molecule has 0 fully saturated rings. The molecule has 2 N–H and O–H groups in total. The first-order chi connectivity index (χ1) is 12.9. The summed E-state index contributed by atoms with van der Waals surface area (Å²) < 4.78 is 28.1. The summed E-state index contributed by atoms with van der Waals surface area (Å²) in [5, 5.41) is 15.8. The molecule has 1 aromatic heterocycles. The Morgan fingerprint density at radius 3 is 2.48 bits per heavy atom. The summed E-state index contributed by atoms with van der Waals surface area (Å²) >= 11 is 0.959. The minimum absolute atomic E-state index is 0.0129. The normalized spacial score (nSPS) is 11.0. The summed E-state index contributed by atoms with van der Waals surface area (Å²) in [7, 11) is -3.98. The summed E-state index contributed by atoms with van der Waals surface area (Å²) in [6, 6.07) is 17.9. The Balaban J connectivity index is 1.72. The highest BCUT2D eigenvalue weighted by Gasteiger charge is 2.22. The SMILES string of the molecule is N#Cc1ccccc1-c1ccc(COC(=O)c2sccc2S(N)(=O)=O)cc1. The molecule has 0 aliphatic heterocycles. The molecule has 0 amide bonds. The zero-order chi connectivity index (χ0) is 19.4. The number of hydrogen-bond acceptors (Lipinski definition) is 6. The number of sulfonamides is 1. The van der Waals surface area contributed by atoms with Gasteiger partial charge in [0.05, 0.1) is 11.6 Å². The van der Waals surface area contributed by atoms with Crippen molar-refractivity contribution in [1.29, 1.82) is 5.26 Å². The molecule has 27 heavy (non-hydrogen) atoms. The van der Waals surface area contributed by atoms with Crippen LogP contribution in [0.3, 0.4) is 0 Å². The average molecular weight is 398 g/mol. The van der Waals surface area contributed by atoms with Gasteiger partial charge in [0.2, 0.25) is 10.0 Å². The van der Waals surface area contributed by atoms with Gasteiger partial charge in [-0.1, -0.05) is 42.5 Å². The van der Waals surface area contributed by atoms with Crippen molar-refractivity contribution >= 4 is 27.3 Å². The molecule has 0 aliphatic rings. The number of rotatable bonds is 5. The van der Waals surface area contributed by atoms with Crippen LogP contribution in [0.1, 0.15) is 20.8 Å². The van der Waals surface area contributed by atoms with E-state index >= 15 is 0 Å². The fourth-order valence-corrected chi connectivity index (χ4v) is 4.36. The highest BCUT2D eigenvalue weighted by molar-refractivity contribution is 7.89. The second-order valence-electron chi connectivity index (χ2n) is 5.59. The number of ether oxygens (including phenoxy) is 1. The van der Waals surface area contributed by atoms with Gasteiger partial charge in [-0.2, -0.15) is 5.26 Å². The van der Waals surface area contributed by atoms with E-state index in [0.29, 0.717) is 5.56 Å². The van der Waals surface area contributed by atoms with Crippen LogP contribution >= 0.6 is 11.3 Å². The molecule has 0 atom stereocenters. The van der Waals surface area contributed by atoms with Gasteiger partial charge in [-0.05, 0) is 34.2 Å². The van der Waals surface area contributed by atoms with Gasteiger partial charge in [0.1, 0.15) is 16.4 Å². The Morgan fingerprint density at radius 2 is 1.81 bits per heavy atom. The maximum atomic E-state index is 12.2. The van der Waals surface area contributed by atoms with Crippen LogP contribution in [0.2, 0.25) is 0 Å². The summed E-state index contributed by atoms with van der Waals surface area (Å²) in [5.74, 6) is -0.743. The molecule has 6 nitrogen and oxygen atoms in total. The molecule has 136 valence electrons. The van der Waals surface area contributed by atoms with Crippen molar-refractivity contribution in [2.24, 2.45) is 5.14 Å². The molecule has 0 saturated heterocycles. The van der Waals surface area contributed by atoms with Gasteiger partial charge >= 0.3 is 5.97 Å². The van der Waals surface area contributed by atoms with Crippen molar-refractivity contribution in [3.8, 4) is 17.2 Å². The molecule has 0 saturated carbocycles. The highest BCUT2D eigenvalue weighted by Crippen LogP contribution is 2.25. The third kappa shape index (κ3) is 4.23. The second kappa shape index (κ2) is 7.72. The number of nitrogens with zero attached hydrogens (tertiary/aromatic N) is 1. The molecule has 8 heteroatoms. The van der Waals surface area contributed by atoms with E-state index in [2.05, 4.69) is 6.07 Å². The molecule has 0 bridgehead atoms. The van der Waals surface area contributed by atoms with Crippen LogP contribution in [0.5, 0.6) is 0 Å². The monoisotopic (exact) mass is 398 g/mol. The van der Waals surface area contributed by atoms with Crippen LogP contribution in [0.25, 0.3) is 11.1 Å². The van der Waals surface area contributed by atoms with Crippen LogP contribution < -0.4 is 5.14 Å². The van der Waals surface area contributed by atoms with Crippen molar-refractivity contribution in [3.63, 3.8) is 0 Å². The van der Waals surface area contributed by atoms with E-state index in [-0.39, 0.29) is 16.4 Å². The largest absolute Gasteiger partial charge is 0.457 e. The molecule has 3 aromatic rings. The summed E-state index contributed by atoms with van der Waals surface area (Å²) in [6.07, 6.45) is 0. The van der Waals surface area contributed by atoms with Crippen molar-refractivity contribution < 1.29 is 17.9 Å². The van der Waals surface area contributed by atoms with Crippen LogP contribution in [0.15, 0.2) is 64.9 Å². The molecule has 3 rings (SSSR count). The molecule has 0 unspecified atom stereocenters. The van der Waals surface area contributed by atoms with Crippen molar-refractivity contribution in [2.45, 2.75) is 11.5 Å². The van der Waals surface area contributed by atoms with E-state index in [0.717, 1.165) is 28.0 Å². The molecular formula is C19H14N2O4S2. The van der Waals surface area contributed by atoms with E-state index < -0.39 is 16.0 Å². The molecular weight excluding hydrogens is 384 g/mol. The predicted molar refractivity (Wildman–Crippen MR) is 101 cm³/mol. The Hall–Kier alpha value is -2.99. The standard InChI is InChI=1S/C19H14N2O4S2/c20-11-15-3-1-2-4-16(15)14-7-5-13(6-8-14)12-25-19(22)18-17(9-10-26-18)27(21,23)24/h1-10H,12H2,(H2,21,23,24). The van der Waals surface area contributed by atoms with E-state index in [9.17, 15) is 18.5 Å². The number of thiophene rings is 1. The summed E-state index contributed by atoms with van der Waals surface area (Å²) in [5.41, 5.74) is 3.00. The van der Waals surface area contributed by atoms with Crippen molar-refractivity contribution in [2.75, 3.05) is 0 Å². The fraction of sp³-hybridized carbons (Fsp3) is 0.0526. The Morgan fingerprint density at radius 1 is 1.11 bits per heavy atom. The minimum Gasteiger partial charge on any atom is -0.457 e. The smallest absolute Gasteiger partial charge is 0.350 e. The van der Waals surface area contributed by atoms with Crippen LogP contribution in [0, 0.1) is 11.3 Å². The van der Waals surface area contributed by atoms with E-state index in [4.69, 9.17) is 9.88 Å². The van der Waals surface area contributed by atoms with Crippen LogP contribution in [-0.4, -0.2) is 14.4 Å². The quantitative estimate of drug-likeness (QED) is 0.663. The topological polar surface area (TPSA) is 110 Å². The molecule has 2 aromatic carbocycles. The zero-order valence-electron chi connectivity index (χ0n) is 14.0. The first kappa shape index (κ1) is 18.8. The van der Waals surface area contributed by atoms with Gasteiger partial charge in [0, 0.05) is 0 Å². The second-order valence-corrected chi connectivity index (χ2v) is 8.04. The summed E-state index contributed by atoms with van der Waals surface area (Å²) in [6.45, 7) is -0.0129. The number of primary sulfonamides is 1. The van der Waals surface area contributed by atoms with Gasteiger partial charge in [-0.25, -0.2) is 18.4 Å². The Labute approximate surface area is 160 Å². The lowest BCUT2D eigenvalue weighted by atomic mass is 9.99. The third-order valence-electron chi connectivity index (χ3n) is 3.80. The van der Waals surface area contributed by atoms with Crippen LogP contribution in [0.4, 0.5) is 0 Å². The van der Waals surface area contributed by atoms with E-state index in [1.807, 2.05) is 24.3 Å². The lowest BCUT2D eigenvalue weighted by Gasteiger charge is -2.07. The number of carbonyl (C=O) groups excluding carboxylic acids is 1. The van der Waals surface area contributed by atoms with Gasteiger partial charge < -0.3 is 4.74 Å². The molecule has 0 aliphatic carbocycles. The lowest BCUT2D eigenvalue weighted by molar-refractivity contribution is 0.0474. The van der Waals surface area contributed by atoms with E-state index in [1.54, 1.807) is 24.3 Å².